The first-order chi connectivity index (χ1) is 5.59. The van der Waals surface area contributed by atoms with E-state index < -0.39 is 5.38 Å². The highest BCUT2D eigenvalue weighted by Crippen LogP contribution is 2.06. The maximum atomic E-state index is 11.1. The van der Waals surface area contributed by atoms with Gasteiger partial charge in [-0.2, -0.15) is 0 Å². The van der Waals surface area contributed by atoms with Crippen LogP contribution in [0.15, 0.2) is 0 Å². The van der Waals surface area contributed by atoms with Gasteiger partial charge in [0.2, 0.25) is 5.91 Å². The van der Waals surface area contributed by atoms with E-state index in [1.807, 2.05) is 0 Å². The lowest BCUT2D eigenvalue weighted by atomic mass is 10.2. The smallest absolute Gasteiger partial charge is 0.238 e. The lowest BCUT2D eigenvalue weighted by Gasteiger charge is -2.13. The van der Waals surface area contributed by atoms with Crippen LogP contribution in [0, 0.1) is 0 Å². The Kier molecular flexibility index (Phi) is 3.35. The average molecular weight is 191 g/mol. The highest BCUT2D eigenvalue weighted by molar-refractivity contribution is 6.30. The summed E-state index contributed by atoms with van der Waals surface area (Å²) in [4.78, 5) is 13.3. The van der Waals surface area contributed by atoms with Crippen molar-refractivity contribution < 1.29 is 4.79 Å². The number of carbonyl (C=O) groups is 1. The minimum absolute atomic E-state index is 0.0584. The summed E-state index contributed by atoms with van der Waals surface area (Å²) >= 11 is 5.62. The third-order valence-electron chi connectivity index (χ3n) is 2.10. The van der Waals surface area contributed by atoms with E-state index in [1.54, 1.807) is 6.92 Å². The molecule has 2 atom stereocenters. The Hall–Kier alpha value is -0.280. The Morgan fingerprint density at radius 2 is 2.42 bits per heavy atom. The fourth-order valence-electron chi connectivity index (χ4n) is 1.37. The first kappa shape index (κ1) is 9.81. The monoisotopic (exact) mass is 190 g/mol. The molecule has 0 saturated carbocycles. The van der Waals surface area contributed by atoms with Crippen LogP contribution in [0.25, 0.3) is 0 Å². The fraction of sp³-hybridized carbons (Fsp3) is 0.875. The first-order valence-corrected chi connectivity index (χ1v) is 4.66. The van der Waals surface area contributed by atoms with Crippen molar-refractivity contribution in [2.45, 2.75) is 24.8 Å². The molecule has 0 aromatic rings. The fourth-order valence-corrected chi connectivity index (χ4v) is 1.43. The molecule has 1 aliphatic rings. The van der Waals surface area contributed by atoms with Crippen LogP contribution in [-0.4, -0.2) is 42.4 Å². The Labute approximate surface area is 78.1 Å². The highest BCUT2D eigenvalue weighted by atomic mass is 35.5. The molecule has 1 aliphatic heterocycles. The summed E-state index contributed by atoms with van der Waals surface area (Å²) in [5.74, 6) is -0.0584. The third-order valence-corrected chi connectivity index (χ3v) is 2.30. The zero-order valence-corrected chi connectivity index (χ0v) is 8.27. The van der Waals surface area contributed by atoms with Crippen molar-refractivity contribution in [3.8, 4) is 0 Å². The van der Waals surface area contributed by atoms with E-state index in [1.165, 1.54) is 0 Å². The van der Waals surface area contributed by atoms with Gasteiger partial charge >= 0.3 is 0 Å². The van der Waals surface area contributed by atoms with Crippen LogP contribution in [-0.2, 0) is 4.79 Å². The van der Waals surface area contributed by atoms with Gasteiger partial charge in [-0.05, 0) is 26.9 Å². The minimum Gasteiger partial charge on any atom is -0.351 e. The largest absolute Gasteiger partial charge is 0.351 e. The molecule has 12 heavy (non-hydrogen) atoms. The van der Waals surface area contributed by atoms with Crippen LogP contribution in [0.3, 0.4) is 0 Å². The van der Waals surface area contributed by atoms with E-state index in [-0.39, 0.29) is 5.91 Å². The molecule has 1 saturated heterocycles. The van der Waals surface area contributed by atoms with Crippen LogP contribution in [0.2, 0.25) is 0 Å². The summed E-state index contributed by atoms with van der Waals surface area (Å²) in [6, 6.07) is 0.295. The van der Waals surface area contributed by atoms with Crippen LogP contribution in [0.5, 0.6) is 0 Å². The van der Waals surface area contributed by atoms with E-state index in [9.17, 15) is 4.79 Å². The third kappa shape index (κ3) is 2.64. The molecule has 0 spiro atoms. The quantitative estimate of drug-likeness (QED) is 0.641. The second-order valence-corrected chi connectivity index (χ2v) is 4.03. The van der Waals surface area contributed by atoms with Crippen LogP contribution < -0.4 is 5.32 Å². The van der Waals surface area contributed by atoms with Gasteiger partial charge in [0.1, 0.15) is 5.38 Å². The van der Waals surface area contributed by atoms with Gasteiger partial charge in [-0.15, -0.1) is 11.6 Å². The first-order valence-electron chi connectivity index (χ1n) is 4.22. The second kappa shape index (κ2) is 4.10. The molecular weight excluding hydrogens is 176 g/mol. The number of amides is 1. The Morgan fingerprint density at radius 1 is 1.75 bits per heavy atom. The molecule has 0 aliphatic carbocycles. The lowest BCUT2D eigenvalue weighted by molar-refractivity contribution is -0.121. The number of nitrogens with one attached hydrogen (secondary N) is 1. The number of nitrogens with zero attached hydrogens (tertiary/aromatic N) is 1. The Bertz CT molecular complexity index is 172. The van der Waals surface area contributed by atoms with Crippen LogP contribution >= 0.6 is 11.6 Å². The molecule has 70 valence electrons. The van der Waals surface area contributed by atoms with Gasteiger partial charge in [-0.25, -0.2) is 0 Å². The molecule has 1 rings (SSSR count). The molecule has 1 amide bonds. The van der Waals surface area contributed by atoms with Crippen molar-refractivity contribution in [2.24, 2.45) is 0 Å². The Morgan fingerprint density at radius 3 is 2.83 bits per heavy atom. The topological polar surface area (TPSA) is 32.3 Å². The van der Waals surface area contributed by atoms with Gasteiger partial charge in [0, 0.05) is 12.6 Å². The van der Waals surface area contributed by atoms with Gasteiger partial charge < -0.3 is 10.2 Å². The maximum Gasteiger partial charge on any atom is 0.238 e. The van der Waals surface area contributed by atoms with Crippen molar-refractivity contribution in [3.05, 3.63) is 0 Å². The van der Waals surface area contributed by atoms with E-state index in [0.717, 1.165) is 19.5 Å². The molecule has 0 radical (unpaired) electrons. The lowest BCUT2D eigenvalue weighted by Crippen LogP contribution is -2.39. The van der Waals surface area contributed by atoms with Crippen molar-refractivity contribution in [2.75, 3.05) is 20.1 Å². The summed E-state index contributed by atoms with van der Waals surface area (Å²) in [6.45, 7) is 3.69. The standard InChI is InChI=1S/C8H15ClN2O/c1-6(9)8(12)10-7-3-4-11(2)5-7/h6-7H,3-5H2,1-2H3,(H,10,12). The van der Waals surface area contributed by atoms with Gasteiger partial charge in [0.15, 0.2) is 0 Å². The number of rotatable bonds is 2. The number of likely N-dealkylation sites (N-methyl/N-ethyl adjacent to an activating group) is 1. The zero-order chi connectivity index (χ0) is 9.14. The molecule has 1 N–H and O–H groups in total. The van der Waals surface area contributed by atoms with Gasteiger partial charge in [-0.1, -0.05) is 0 Å². The molecular formula is C8H15ClN2O. The van der Waals surface area contributed by atoms with Crippen molar-refractivity contribution in [3.63, 3.8) is 0 Å². The normalized spacial score (nSPS) is 27.1. The summed E-state index contributed by atoms with van der Waals surface area (Å²) < 4.78 is 0. The summed E-state index contributed by atoms with van der Waals surface area (Å²) in [7, 11) is 2.05. The van der Waals surface area contributed by atoms with Crippen LogP contribution in [0.4, 0.5) is 0 Å². The average Bonchev–Trinajstić information content (AvgIpc) is 2.35. The summed E-state index contributed by atoms with van der Waals surface area (Å²) in [5.41, 5.74) is 0. The number of carbonyl (C=O) groups excluding carboxylic acids is 1. The van der Waals surface area contributed by atoms with Gasteiger partial charge in [-0.3, -0.25) is 4.79 Å². The number of alkyl halides is 1. The predicted octanol–water partition coefficient (Wildman–Crippen LogP) is 0.434. The van der Waals surface area contributed by atoms with Gasteiger partial charge in [0.25, 0.3) is 0 Å². The van der Waals surface area contributed by atoms with Crippen molar-refractivity contribution >= 4 is 17.5 Å². The van der Waals surface area contributed by atoms with Crippen LogP contribution in [0.1, 0.15) is 13.3 Å². The zero-order valence-electron chi connectivity index (χ0n) is 7.51. The number of halogens is 1. The molecule has 0 bridgehead atoms. The number of hydrogen-bond acceptors (Lipinski definition) is 2. The molecule has 1 fully saturated rings. The molecule has 3 nitrogen and oxygen atoms in total. The molecule has 1 heterocycles. The van der Waals surface area contributed by atoms with E-state index in [2.05, 4.69) is 17.3 Å². The molecule has 0 aromatic heterocycles. The van der Waals surface area contributed by atoms with Gasteiger partial charge in [0.05, 0.1) is 0 Å². The Balaban J connectivity index is 2.28. The van der Waals surface area contributed by atoms with E-state index >= 15 is 0 Å². The number of hydrogen-bond donors (Lipinski definition) is 1. The summed E-state index contributed by atoms with van der Waals surface area (Å²) in [5, 5.41) is 2.48. The maximum absolute atomic E-state index is 11.1. The predicted molar refractivity (Wildman–Crippen MR) is 49.4 cm³/mol. The van der Waals surface area contributed by atoms with Crippen molar-refractivity contribution in [1.29, 1.82) is 0 Å². The SMILES string of the molecule is CC(Cl)C(=O)NC1CCN(C)C1. The molecule has 4 heteroatoms. The van der Waals surface area contributed by atoms with E-state index in [4.69, 9.17) is 11.6 Å². The minimum atomic E-state index is -0.420. The van der Waals surface area contributed by atoms with E-state index in [0.29, 0.717) is 6.04 Å². The molecule has 0 aromatic carbocycles. The van der Waals surface area contributed by atoms with Crippen molar-refractivity contribution in [1.82, 2.24) is 10.2 Å². The second-order valence-electron chi connectivity index (χ2n) is 3.37. The highest BCUT2D eigenvalue weighted by Gasteiger charge is 2.22. The number of likely N-dealkylation sites (tertiary alicyclic amines) is 1. The molecule has 2 unspecified atom stereocenters. The summed E-state index contributed by atoms with van der Waals surface area (Å²) in [6.07, 6.45) is 1.03.